The second-order valence-electron chi connectivity index (χ2n) is 5.30. The second-order valence-corrected chi connectivity index (χ2v) is 5.30. The van der Waals surface area contributed by atoms with Crippen molar-refractivity contribution in [1.82, 2.24) is 10.1 Å². The van der Waals surface area contributed by atoms with E-state index in [0.29, 0.717) is 11.7 Å². The number of nitrogens with zero attached hydrogens (tertiary/aromatic N) is 2. The van der Waals surface area contributed by atoms with Gasteiger partial charge in [0.1, 0.15) is 11.5 Å². The molecule has 0 bridgehead atoms. The smallest absolute Gasteiger partial charge is 0.264 e. The van der Waals surface area contributed by atoms with Crippen LogP contribution in [0.1, 0.15) is 17.0 Å². The zero-order valence-corrected chi connectivity index (χ0v) is 13.4. The normalized spacial score (nSPS) is 10.6. The molecular formula is C18H18N2O3. The summed E-state index contributed by atoms with van der Waals surface area (Å²) in [6, 6.07) is 13.6. The van der Waals surface area contributed by atoms with Crippen LogP contribution in [0.3, 0.4) is 0 Å². The molecule has 5 heteroatoms. The predicted octanol–water partition coefficient (Wildman–Crippen LogP) is 3.94. The highest BCUT2D eigenvalue weighted by molar-refractivity contribution is 5.56. The van der Waals surface area contributed by atoms with Crippen molar-refractivity contribution >= 4 is 0 Å². The van der Waals surface area contributed by atoms with Crippen molar-refractivity contribution < 1.29 is 14.0 Å². The van der Waals surface area contributed by atoms with Crippen molar-refractivity contribution in [2.24, 2.45) is 0 Å². The van der Waals surface area contributed by atoms with Gasteiger partial charge in [0.05, 0.1) is 7.11 Å². The molecule has 23 heavy (non-hydrogen) atoms. The zero-order chi connectivity index (χ0) is 16.2. The Morgan fingerprint density at radius 1 is 1.09 bits per heavy atom. The summed E-state index contributed by atoms with van der Waals surface area (Å²) >= 11 is 0. The SMILES string of the molecule is COc1cccc(-c2noc(COc3cc(C)ccc3C)n2)c1. The quantitative estimate of drug-likeness (QED) is 0.714. The fraction of sp³-hybridized carbons (Fsp3) is 0.222. The molecule has 3 aromatic rings. The van der Waals surface area contributed by atoms with E-state index in [-0.39, 0.29) is 6.61 Å². The van der Waals surface area contributed by atoms with Crippen LogP contribution < -0.4 is 9.47 Å². The molecule has 3 rings (SSSR count). The van der Waals surface area contributed by atoms with E-state index >= 15 is 0 Å². The minimum absolute atomic E-state index is 0.237. The maximum atomic E-state index is 5.78. The molecule has 0 atom stereocenters. The van der Waals surface area contributed by atoms with Crippen LogP contribution in [0.5, 0.6) is 11.5 Å². The van der Waals surface area contributed by atoms with Gasteiger partial charge in [-0.25, -0.2) is 0 Å². The van der Waals surface area contributed by atoms with Gasteiger partial charge in [-0.05, 0) is 43.2 Å². The van der Waals surface area contributed by atoms with Crippen molar-refractivity contribution in [2.75, 3.05) is 7.11 Å². The van der Waals surface area contributed by atoms with E-state index in [9.17, 15) is 0 Å². The Morgan fingerprint density at radius 2 is 1.96 bits per heavy atom. The average molecular weight is 310 g/mol. The van der Waals surface area contributed by atoms with E-state index in [1.54, 1.807) is 7.11 Å². The Labute approximate surface area is 134 Å². The van der Waals surface area contributed by atoms with Gasteiger partial charge < -0.3 is 14.0 Å². The van der Waals surface area contributed by atoms with Gasteiger partial charge in [-0.15, -0.1) is 0 Å². The molecule has 0 aliphatic carbocycles. The highest BCUT2D eigenvalue weighted by atomic mass is 16.5. The molecule has 0 amide bonds. The fourth-order valence-corrected chi connectivity index (χ4v) is 2.20. The van der Waals surface area contributed by atoms with Crippen molar-refractivity contribution in [3.63, 3.8) is 0 Å². The number of aryl methyl sites for hydroxylation is 2. The summed E-state index contributed by atoms with van der Waals surface area (Å²) in [7, 11) is 1.62. The van der Waals surface area contributed by atoms with Gasteiger partial charge in [0.25, 0.3) is 5.89 Å². The van der Waals surface area contributed by atoms with Crippen molar-refractivity contribution in [2.45, 2.75) is 20.5 Å². The summed E-state index contributed by atoms with van der Waals surface area (Å²) in [6.07, 6.45) is 0. The first-order valence-electron chi connectivity index (χ1n) is 7.33. The highest BCUT2D eigenvalue weighted by Gasteiger charge is 2.10. The number of hydrogen-bond acceptors (Lipinski definition) is 5. The molecule has 1 aromatic heterocycles. The van der Waals surface area contributed by atoms with Crippen molar-refractivity contribution in [3.05, 3.63) is 59.5 Å². The molecule has 0 saturated carbocycles. The van der Waals surface area contributed by atoms with E-state index in [1.165, 1.54) is 0 Å². The Hall–Kier alpha value is -2.82. The Balaban J connectivity index is 1.73. The van der Waals surface area contributed by atoms with Gasteiger partial charge in [0, 0.05) is 5.56 Å². The average Bonchev–Trinajstić information content (AvgIpc) is 3.05. The van der Waals surface area contributed by atoms with E-state index in [4.69, 9.17) is 14.0 Å². The largest absolute Gasteiger partial charge is 0.497 e. The van der Waals surface area contributed by atoms with Crippen LogP contribution in [0.2, 0.25) is 0 Å². The maximum absolute atomic E-state index is 5.78. The summed E-state index contributed by atoms with van der Waals surface area (Å²) in [4.78, 5) is 4.36. The third-order valence-electron chi connectivity index (χ3n) is 3.49. The molecule has 0 radical (unpaired) electrons. The molecule has 0 aliphatic rings. The van der Waals surface area contributed by atoms with Crippen LogP contribution in [0.15, 0.2) is 47.0 Å². The molecule has 1 heterocycles. The Kier molecular flexibility index (Phi) is 4.28. The zero-order valence-electron chi connectivity index (χ0n) is 13.4. The lowest BCUT2D eigenvalue weighted by Gasteiger charge is -2.07. The fourth-order valence-electron chi connectivity index (χ4n) is 2.20. The third-order valence-corrected chi connectivity index (χ3v) is 3.49. The van der Waals surface area contributed by atoms with Gasteiger partial charge >= 0.3 is 0 Å². The van der Waals surface area contributed by atoms with Gasteiger partial charge in [0.2, 0.25) is 5.82 Å². The number of methoxy groups -OCH3 is 1. The van der Waals surface area contributed by atoms with Crippen molar-refractivity contribution in [1.29, 1.82) is 0 Å². The second kappa shape index (κ2) is 6.52. The maximum Gasteiger partial charge on any atom is 0.264 e. The number of aromatic nitrogens is 2. The molecule has 2 aromatic carbocycles. The van der Waals surface area contributed by atoms with Crippen molar-refractivity contribution in [3.8, 4) is 22.9 Å². The minimum atomic E-state index is 0.237. The van der Waals surface area contributed by atoms with Crippen LogP contribution in [0, 0.1) is 13.8 Å². The molecule has 118 valence electrons. The minimum Gasteiger partial charge on any atom is -0.497 e. The van der Waals surface area contributed by atoms with Crippen LogP contribution in [0.4, 0.5) is 0 Å². The summed E-state index contributed by atoms with van der Waals surface area (Å²) in [5, 5.41) is 3.99. The molecule has 0 N–H and O–H groups in total. The molecular weight excluding hydrogens is 292 g/mol. The van der Waals surface area contributed by atoms with Gasteiger partial charge in [-0.3, -0.25) is 0 Å². The van der Waals surface area contributed by atoms with Gasteiger partial charge in [-0.1, -0.05) is 29.4 Å². The Bertz CT molecular complexity index is 812. The number of benzene rings is 2. The molecule has 0 unspecified atom stereocenters. The lowest BCUT2D eigenvalue weighted by atomic mass is 10.1. The van der Waals surface area contributed by atoms with Crippen LogP contribution in [0.25, 0.3) is 11.4 Å². The van der Waals surface area contributed by atoms with E-state index in [1.807, 2.05) is 50.2 Å². The highest BCUT2D eigenvalue weighted by Crippen LogP contribution is 2.23. The van der Waals surface area contributed by atoms with Gasteiger partial charge in [0.15, 0.2) is 6.61 Å². The summed E-state index contributed by atoms with van der Waals surface area (Å²) < 4.78 is 16.2. The first-order valence-corrected chi connectivity index (χ1v) is 7.33. The molecule has 0 saturated heterocycles. The van der Waals surface area contributed by atoms with Crippen LogP contribution >= 0.6 is 0 Å². The molecule has 0 aliphatic heterocycles. The number of ether oxygens (including phenoxy) is 2. The lowest BCUT2D eigenvalue weighted by Crippen LogP contribution is -1.97. The van der Waals surface area contributed by atoms with Crippen LogP contribution in [-0.2, 0) is 6.61 Å². The molecule has 0 fully saturated rings. The topological polar surface area (TPSA) is 57.4 Å². The molecule has 5 nitrogen and oxygen atoms in total. The van der Waals surface area contributed by atoms with Gasteiger partial charge in [-0.2, -0.15) is 4.98 Å². The third kappa shape index (κ3) is 3.51. The Morgan fingerprint density at radius 3 is 2.78 bits per heavy atom. The monoisotopic (exact) mass is 310 g/mol. The van der Waals surface area contributed by atoms with E-state index < -0.39 is 0 Å². The van der Waals surface area contributed by atoms with E-state index in [0.717, 1.165) is 28.2 Å². The lowest BCUT2D eigenvalue weighted by molar-refractivity contribution is 0.241. The molecule has 0 spiro atoms. The summed E-state index contributed by atoms with van der Waals surface area (Å²) in [5.41, 5.74) is 3.06. The van der Waals surface area contributed by atoms with E-state index in [2.05, 4.69) is 16.2 Å². The first kappa shape index (κ1) is 15.1. The van der Waals surface area contributed by atoms with Crippen LogP contribution in [-0.4, -0.2) is 17.3 Å². The number of hydrogen-bond donors (Lipinski definition) is 0. The summed E-state index contributed by atoms with van der Waals surface area (Å²) in [6.45, 7) is 4.27. The summed E-state index contributed by atoms with van der Waals surface area (Å²) in [5.74, 6) is 2.53. The number of rotatable bonds is 5. The standard InChI is InChI=1S/C18H18N2O3/c1-12-7-8-13(2)16(9-12)22-11-17-19-18(20-23-17)14-5-4-6-15(10-14)21-3/h4-10H,11H2,1-3H3. The first-order chi connectivity index (χ1) is 11.2. The predicted molar refractivity (Wildman–Crippen MR) is 86.5 cm³/mol.